The van der Waals surface area contributed by atoms with Crippen LogP contribution >= 0.6 is 0 Å². The Bertz CT molecular complexity index is 2320. The number of hydrogen-bond donors (Lipinski definition) is 6. The van der Waals surface area contributed by atoms with Crippen molar-refractivity contribution < 1.29 is 68.9 Å². The Morgan fingerprint density at radius 1 is 0.762 bits per heavy atom. The number of esters is 1. The molecule has 336 valence electrons. The molecule has 0 aliphatic carbocycles. The third-order valence-corrected chi connectivity index (χ3v) is 10.4. The molecule has 0 saturated carbocycles. The number of rotatable bonds is 24. The summed E-state index contributed by atoms with van der Waals surface area (Å²) in [6.07, 6.45) is 3.86. The lowest BCUT2D eigenvalue weighted by atomic mass is 9.91. The van der Waals surface area contributed by atoms with Gasteiger partial charge in [-0.3, -0.25) is 30.8 Å². The van der Waals surface area contributed by atoms with Crippen LogP contribution in [0.2, 0.25) is 0 Å². The van der Waals surface area contributed by atoms with E-state index in [2.05, 4.69) is 27.9 Å². The zero-order valence-electron chi connectivity index (χ0n) is 35.6. The summed E-state index contributed by atoms with van der Waals surface area (Å²) in [4.78, 5) is 57.8. The van der Waals surface area contributed by atoms with Crippen molar-refractivity contribution in [2.45, 2.75) is 63.6 Å². The predicted molar refractivity (Wildman–Crippen MR) is 237 cm³/mol. The number of fused-ring (bicyclic) bond motifs is 2. The van der Waals surface area contributed by atoms with E-state index in [0.29, 0.717) is 43.9 Å². The number of ketones is 1. The molecular weight excluding hydrogens is 843 g/mol. The highest BCUT2D eigenvalue weighted by Crippen LogP contribution is 2.45. The van der Waals surface area contributed by atoms with Crippen LogP contribution in [0.25, 0.3) is 32.7 Å². The number of nitrogens with one attached hydrogen (secondary N) is 3. The van der Waals surface area contributed by atoms with Gasteiger partial charge in [0.15, 0.2) is 12.4 Å². The van der Waals surface area contributed by atoms with E-state index in [-0.39, 0.29) is 69.0 Å². The normalized spacial score (nSPS) is 12.0. The second-order valence-corrected chi connectivity index (χ2v) is 14.9. The second kappa shape index (κ2) is 26.4. The molecule has 5 aromatic carbocycles. The number of ether oxygens (including phenoxy) is 3. The molecule has 0 heterocycles. The fourth-order valence-corrected chi connectivity index (χ4v) is 7.32. The SMILES string of the molecule is C=CC[C@H](NC(=O)[C@@H](CCC[NH+]=C(N)N)CC(=O)[C@@H](CCCC[NH3+])NC(=O)COc1ccc2ccccc2c1-c1c(OC)ccc2ccccc12)C(=O)OCc1ccccc1.[Cl-].[Cl-]. The van der Waals surface area contributed by atoms with E-state index >= 15 is 0 Å². The lowest BCUT2D eigenvalue weighted by Gasteiger charge is -2.23. The minimum Gasteiger partial charge on any atom is -1.00 e. The lowest BCUT2D eigenvalue weighted by molar-refractivity contribution is -0.459. The van der Waals surface area contributed by atoms with E-state index < -0.39 is 35.8 Å². The largest absolute Gasteiger partial charge is 1.00 e. The average molecular weight is 902 g/mol. The molecule has 0 fully saturated rings. The van der Waals surface area contributed by atoms with E-state index in [0.717, 1.165) is 44.7 Å². The first-order valence-corrected chi connectivity index (χ1v) is 20.7. The molecule has 63 heavy (non-hydrogen) atoms. The minimum absolute atomic E-state index is 0. The number of carbonyl (C=O) groups excluding carboxylic acids is 4. The smallest absolute Gasteiger partial charge is 0.338 e. The first-order chi connectivity index (χ1) is 29.6. The van der Waals surface area contributed by atoms with E-state index in [1.165, 1.54) is 6.08 Å². The molecule has 0 unspecified atom stereocenters. The van der Waals surface area contributed by atoms with Gasteiger partial charge in [-0.2, -0.15) is 0 Å². The third kappa shape index (κ3) is 14.7. The summed E-state index contributed by atoms with van der Waals surface area (Å²) in [6.45, 7) is 4.42. The number of methoxy groups -OCH3 is 1. The van der Waals surface area contributed by atoms with Crippen LogP contribution in [0.3, 0.4) is 0 Å². The maximum absolute atomic E-state index is 14.2. The van der Waals surface area contributed by atoms with Gasteiger partial charge in [0.1, 0.15) is 24.1 Å². The van der Waals surface area contributed by atoms with Crippen LogP contribution in [0.15, 0.2) is 116 Å². The van der Waals surface area contributed by atoms with Crippen molar-refractivity contribution in [3.8, 4) is 22.6 Å². The first-order valence-electron chi connectivity index (χ1n) is 20.7. The van der Waals surface area contributed by atoms with Crippen LogP contribution in [0.5, 0.6) is 11.5 Å². The topological polar surface area (TPSA) is 214 Å². The van der Waals surface area contributed by atoms with Gasteiger partial charge in [0, 0.05) is 23.5 Å². The van der Waals surface area contributed by atoms with Crippen LogP contribution in [0.1, 0.15) is 50.5 Å². The molecule has 0 saturated heterocycles. The van der Waals surface area contributed by atoms with Gasteiger partial charge in [-0.1, -0.05) is 97.1 Å². The standard InChI is InChI=1S/C48H56N6O7.2ClH/c1-3-14-39(47(58)61-30-32-15-5-4-6-16-32)54-46(57)35(19-13-28-52-48(50)51)29-40(55)38(22-11-12-27-49)53-43(56)31-60-42-26-24-34-18-8-10-21-37(34)45(42)44-36-20-9-7-17-33(36)23-25-41(44)59-2;;/h3-10,15-18,20-21,23-26,35,38-39H,1,11-14,19,22,27-31,49H2,2H3,(H,53,56)(H,54,57)(H4,50,51,52);2*1H/t35-,38+,39-;;/m0../s1. The minimum atomic E-state index is -1.02. The monoisotopic (exact) mass is 900 g/mol. The predicted octanol–water partition coefficient (Wildman–Crippen LogP) is -2.53. The van der Waals surface area contributed by atoms with Gasteiger partial charge in [-0.15, -0.1) is 6.58 Å². The number of nitrogens with two attached hydrogens (primary N) is 2. The van der Waals surface area contributed by atoms with Gasteiger partial charge in [-0.05, 0) is 77.8 Å². The molecule has 3 atom stereocenters. The third-order valence-electron chi connectivity index (χ3n) is 10.4. The Hall–Kier alpha value is -6.15. The molecule has 2 amide bonds. The Morgan fingerprint density at radius 2 is 1.38 bits per heavy atom. The highest BCUT2D eigenvalue weighted by molar-refractivity contribution is 6.10. The summed E-state index contributed by atoms with van der Waals surface area (Å²) in [5.74, 6) is -1.63. The number of benzene rings is 5. The molecule has 10 N–H and O–H groups in total. The molecule has 0 bridgehead atoms. The van der Waals surface area contributed by atoms with Crippen molar-refractivity contribution in [3.63, 3.8) is 0 Å². The van der Waals surface area contributed by atoms with E-state index in [4.69, 9.17) is 25.7 Å². The van der Waals surface area contributed by atoms with Crippen LogP contribution in [-0.2, 0) is 30.5 Å². The van der Waals surface area contributed by atoms with Crippen LogP contribution in [0.4, 0.5) is 0 Å². The fourth-order valence-electron chi connectivity index (χ4n) is 7.32. The summed E-state index contributed by atoms with van der Waals surface area (Å²) >= 11 is 0. The maximum atomic E-state index is 14.2. The number of unbranched alkanes of at least 4 members (excludes halogenated alkanes) is 1. The molecule has 0 aliphatic heterocycles. The van der Waals surface area contributed by atoms with E-state index in [9.17, 15) is 19.2 Å². The van der Waals surface area contributed by atoms with Crippen molar-refractivity contribution in [2.24, 2.45) is 17.4 Å². The summed E-state index contributed by atoms with van der Waals surface area (Å²) in [5, 5.41) is 9.58. The Kier molecular flexibility index (Phi) is 21.4. The van der Waals surface area contributed by atoms with Crippen molar-refractivity contribution in [1.82, 2.24) is 10.6 Å². The number of halogens is 2. The van der Waals surface area contributed by atoms with Crippen LogP contribution in [0, 0.1) is 5.92 Å². The zero-order chi connectivity index (χ0) is 43.6. The quantitative estimate of drug-likeness (QED) is 0.0127. The summed E-state index contributed by atoms with van der Waals surface area (Å²) in [6, 6.07) is 30.9. The molecular formula is C48H58Cl2N6O7. The van der Waals surface area contributed by atoms with Gasteiger partial charge in [0.2, 0.25) is 5.91 Å². The Morgan fingerprint density at radius 3 is 2.00 bits per heavy atom. The number of Topliss-reactive ketones (excluding diaryl/α,β-unsaturated/α-hetero) is 1. The summed E-state index contributed by atoms with van der Waals surface area (Å²) in [5.41, 5.74) is 17.5. The highest BCUT2D eigenvalue weighted by atomic mass is 35.5. The van der Waals surface area contributed by atoms with Gasteiger partial charge < -0.3 is 55.4 Å². The highest BCUT2D eigenvalue weighted by Gasteiger charge is 2.31. The number of carbonyl (C=O) groups is 4. The maximum Gasteiger partial charge on any atom is 0.338 e. The molecule has 0 aliphatic rings. The molecule has 0 radical (unpaired) electrons. The van der Waals surface area contributed by atoms with Gasteiger partial charge in [0.25, 0.3) is 5.91 Å². The van der Waals surface area contributed by atoms with Gasteiger partial charge in [0.05, 0.1) is 26.2 Å². The van der Waals surface area contributed by atoms with Crippen molar-refractivity contribution in [3.05, 3.63) is 121 Å². The summed E-state index contributed by atoms with van der Waals surface area (Å²) < 4.78 is 17.7. The average Bonchev–Trinajstić information content (AvgIpc) is 3.27. The second-order valence-electron chi connectivity index (χ2n) is 14.9. The lowest BCUT2D eigenvalue weighted by Crippen LogP contribution is -3.00. The van der Waals surface area contributed by atoms with Gasteiger partial charge in [-0.25, -0.2) is 4.79 Å². The van der Waals surface area contributed by atoms with Crippen molar-refractivity contribution in [1.29, 1.82) is 0 Å². The number of amides is 2. The van der Waals surface area contributed by atoms with Crippen LogP contribution < -0.4 is 67.1 Å². The molecule has 5 aromatic rings. The van der Waals surface area contributed by atoms with Crippen molar-refractivity contribution >= 4 is 51.1 Å². The molecule has 5 rings (SSSR count). The van der Waals surface area contributed by atoms with Crippen LogP contribution in [-0.4, -0.2) is 68.4 Å². The van der Waals surface area contributed by atoms with E-state index in [1.54, 1.807) is 7.11 Å². The first kappa shape index (κ1) is 51.2. The summed E-state index contributed by atoms with van der Waals surface area (Å²) in [7, 11) is 1.62. The zero-order valence-corrected chi connectivity index (χ0v) is 37.1. The molecule has 13 nitrogen and oxygen atoms in total. The fraction of sp³-hybridized carbons (Fsp3) is 0.312. The number of quaternary nitrogens is 1. The molecule has 0 spiro atoms. The molecule has 15 heteroatoms. The number of hydrogen-bond acceptors (Lipinski definition) is 7. The Balaban J connectivity index is 0.00000528. The molecule has 0 aromatic heterocycles. The Labute approximate surface area is 381 Å². The van der Waals surface area contributed by atoms with E-state index in [1.807, 2.05) is 103 Å². The number of guanidine groups is 1. The van der Waals surface area contributed by atoms with Crippen molar-refractivity contribution in [2.75, 3.05) is 26.8 Å². The van der Waals surface area contributed by atoms with Gasteiger partial charge >= 0.3 is 11.9 Å².